The summed E-state index contributed by atoms with van der Waals surface area (Å²) in [4.78, 5) is 7.04. The molecule has 0 radical (unpaired) electrons. The summed E-state index contributed by atoms with van der Waals surface area (Å²) in [7, 11) is 3.91. The number of rotatable bonds is 4. The molecule has 0 amide bonds. The van der Waals surface area contributed by atoms with Crippen LogP contribution in [0, 0.1) is 12.8 Å². The molecule has 1 aromatic carbocycles. The minimum absolute atomic E-state index is 0.716. The van der Waals surface area contributed by atoms with Crippen LogP contribution in [0.25, 0.3) is 10.9 Å². The molecule has 0 aliphatic carbocycles. The molecule has 1 aliphatic heterocycles. The Bertz CT molecular complexity index is 656. The monoisotopic (exact) mass is 299 g/mol. The second kappa shape index (κ2) is 6.53. The number of nitrogens with zero attached hydrogens (tertiary/aromatic N) is 2. The Morgan fingerprint density at radius 3 is 3.00 bits per heavy atom. The number of ether oxygens (including phenoxy) is 1. The van der Waals surface area contributed by atoms with Gasteiger partial charge in [0.2, 0.25) is 0 Å². The van der Waals surface area contributed by atoms with Crippen LogP contribution >= 0.6 is 0 Å². The van der Waals surface area contributed by atoms with E-state index in [1.807, 2.05) is 19.1 Å². The van der Waals surface area contributed by atoms with Crippen molar-refractivity contribution in [3.05, 3.63) is 30.0 Å². The molecule has 2 aromatic rings. The van der Waals surface area contributed by atoms with Gasteiger partial charge in [-0.1, -0.05) is 0 Å². The van der Waals surface area contributed by atoms with Gasteiger partial charge in [-0.2, -0.15) is 0 Å². The first kappa shape index (κ1) is 15.1. The zero-order valence-electron chi connectivity index (χ0n) is 13.7. The number of hydrogen-bond donors (Lipinski definition) is 1. The van der Waals surface area contributed by atoms with Gasteiger partial charge in [0.25, 0.3) is 0 Å². The van der Waals surface area contributed by atoms with E-state index in [1.54, 1.807) is 7.11 Å². The van der Waals surface area contributed by atoms with Gasteiger partial charge in [0, 0.05) is 29.9 Å². The Hall–Kier alpha value is -1.81. The molecule has 0 spiro atoms. The Morgan fingerprint density at radius 2 is 2.23 bits per heavy atom. The largest absolute Gasteiger partial charge is 0.497 e. The van der Waals surface area contributed by atoms with Crippen molar-refractivity contribution < 1.29 is 4.74 Å². The van der Waals surface area contributed by atoms with E-state index in [4.69, 9.17) is 4.74 Å². The first-order valence-corrected chi connectivity index (χ1v) is 8.03. The molecule has 118 valence electrons. The van der Waals surface area contributed by atoms with Crippen molar-refractivity contribution in [3.63, 3.8) is 0 Å². The van der Waals surface area contributed by atoms with Gasteiger partial charge < -0.3 is 15.0 Å². The second-order valence-corrected chi connectivity index (χ2v) is 6.35. The van der Waals surface area contributed by atoms with Crippen molar-refractivity contribution in [2.45, 2.75) is 19.8 Å². The third kappa shape index (κ3) is 3.33. The number of aryl methyl sites for hydroxylation is 1. The molecule has 1 unspecified atom stereocenters. The highest BCUT2D eigenvalue weighted by molar-refractivity contribution is 5.92. The zero-order chi connectivity index (χ0) is 15.5. The van der Waals surface area contributed by atoms with Crippen molar-refractivity contribution in [3.8, 4) is 5.75 Å². The molecule has 22 heavy (non-hydrogen) atoms. The molecule has 2 heterocycles. The topological polar surface area (TPSA) is 37.4 Å². The van der Waals surface area contributed by atoms with Crippen LogP contribution in [0.1, 0.15) is 18.5 Å². The van der Waals surface area contributed by atoms with E-state index < -0.39 is 0 Å². The van der Waals surface area contributed by atoms with Gasteiger partial charge in [-0.25, -0.2) is 0 Å². The number of anilines is 1. The normalized spacial score (nSPS) is 19.3. The van der Waals surface area contributed by atoms with Gasteiger partial charge in [-0.3, -0.25) is 4.98 Å². The number of fused-ring (bicyclic) bond motifs is 1. The molecular formula is C18H25N3O. The summed E-state index contributed by atoms with van der Waals surface area (Å²) in [5.74, 6) is 1.59. The predicted octanol–water partition coefficient (Wildman–Crippen LogP) is 3.31. The van der Waals surface area contributed by atoms with Crippen LogP contribution in [0.5, 0.6) is 5.75 Å². The number of hydrogen-bond acceptors (Lipinski definition) is 4. The maximum atomic E-state index is 5.35. The minimum Gasteiger partial charge on any atom is -0.497 e. The van der Waals surface area contributed by atoms with E-state index in [1.165, 1.54) is 25.9 Å². The number of likely N-dealkylation sites (tertiary alicyclic amines) is 1. The number of benzene rings is 1. The zero-order valence-corrected chi connectivity index (χ0v) is 13.7. The van der Waals surface area contributed by atoms with Crippen LogP contribution in [0.3, 0.4) is 0 Å². The lowest BCUT2D eigenvalue weighted by Gasteiger charge is -2.30. The highest BCUT2D eigenvalue weighted by Gasteiger charge is 2.17. The molecule has 0 bridgehead atoms. The van der Waals surface area contributed by atoms with E-state index in [0.717, 1.165) is 34.6 Å². The average molecular weight is 299 g/mol. The van der Waals surface area contributed by atoms with E-state index in [-0.39, 0.29) is 0 Å². The number of nitrogens with one attached hydrogen (secondary N) is 1. The van der Waals surface area contributed by atoms with E-state index >= 15 is 0 Å². The molecule has 3 rings (SSSR count). The molecule has 4 nitrogen and oxygen atoms in total. The molecule has 0 saturated carbocycles. The van der Waals surface area contributed by atoms with Gasteiger partial charge in [-0.15, -0.1) is 0 Å². The molecular weight excluding hydrogens is 274 g/mol. The molecule has 1 N–H and O–H groups in total. The van der Waals surface area contributed by atoms with Crippen LogP contribution in [-0.4, -0.2) is 43.7 Å². The second-order valence-electron chi connectivity index (χ2n) is 6.35. The maximum Gasteiger partial charge on any atom is 0.119 e. The Labute approximate surface area is 132 Å². The number of piperidine rings is 1. The van der Waals surface area contributed by atoms with E-state index in [2.05, 4.69) is 34.4 Å². The van der Waals surface area contributed by atoms with Crippen LogP contribution in [0.2, 0.25) is 0 Å². The lowest BCUT2D eigenvalue weighted by Crippen LogP contribution is -2.35. The SMILES string of the molecule is COc1ccc2nc(C)cc(NCC3CCCN(C)C3)c2c1. The summed E-state index contributed by atoms with van der Waals surface area (Å²) < 4.78 is 5.35. The third-order valence-corrected chi connectivity index (χ3v) is 4.45. The molecule has 1 fully saturated rings. The van der Waals surface area contributed by atoms with Crippen molar-refractivity contribution >= 4 is 16.6 Å². The first-order valence-electron chi connectivity index (χ1n) is 8.03. The van der Waals surface area contributed by atoms with Crippen LogP contribution < -0.4 is 10.1 Å². The van der Waals surface area contributed by atoms with Crippen molar-refractivity contribution in [1.82, 2.24) is 9.88 Å². The van der Waals surface area contributed by atoms with Crippen molar-refractivity contribution in [1.29, 1.82) is 0 Å². The smallest absolute Gasteiger partial charge is 0.119 e. The quantitative estimate of drug-likeness (QED) is 0.940. The van der Waals surface area contributed by atoms with Crippen LogP contribution in [0.15, 0.2) is 24.3 Å². The van der Waals surface area contributed by atoms with E-state index in [9.17, 15) is 0 Å². The van der Waals surface area contributed by atoms with Crippen molar-refractivity contribution in [2.75, 3.05) is 39.1 Å². The molecule has 4 heteroatoms. The van der Waals surface area contributed by atoms with Gasteiger partial charge in [0.05, 0.1) is 12.6 Å². The Kier molecular flexibility index (Phi) is 4.48. The third-order valence-electron chi connectivity index (χ3n) is 4.45. The molecule has 1 atom stereocenters. The van der Waals surface area contributed by atoms with Gasteiger partial charge in [0.1, 0.15) is 5.75 Å². The fourth-order valence-corrected chi connectivity index (χ4v) is 3.30. The summed E-state index contributed by atoms with van der Waals surface area (Å²) >= 11 is 0. The Balaban J connectivity index is 1.82. The van der Waals surface area contributed by atoms with Gasteiger partial charge in [0.15, 0.2) is 0 Å². The minimum atomic E-state index is 0.716. The summed E-state index contributed by atoms with van der Waals surface area (Å²) in [6, 6.07) is 8.20. The number of methoxy groups -OCH3 is 1. The average Bonchev–Trinajstić information content (AvgIpc) is 2.52. The molecule has 1 aliphatic rings. The summed E-state index contributed by atoms with van der Waals surface area (Å²) in [5.41, 5.74) is 3.22. The predicted molar refractivity (Wildman–Crippen MR) is 91.7 cm³/mol. The van der Waals surface area contributed by atoms with E-state index in [0.29, 0.717) is 5.92 Å². The van der Waals surface area contributed by atoms with Crippen molar-refractivity contribution in [2.24, 2.45) is 5.92 Å². The lowest BCUT2D eigenvalue weighted by molar-refractivity contribution is 0.217. The van der Waals surface area contributed by atoms with Gasteiger partial charge >= 0.3 is 0 Å². The molecule has 1 saturated heterocycles. The fraction of sp³-hybridized carbons (Fsp3) is 0.500. The number of aromatic nitrogens is 1. The van der Waals surface area contributed by atoms with Crippen LogP contribution in [-0.2, 0) is 0 Å². The summed E-state index contributed by atoms with van der Waals surface area (Å²) in [6.45, 7) is 5.46. The first-order chi connectivity index (χ1) is 10.7. The molecule has 1 aromatic heterocycles. The highest BCUT2D eigenvalue weighted by Crippen LogP contribution is 2.28. The van der Waals surface area contributed by atoms with Crippen LogP contribution in [0.4, 0.5) is 5.69 Å². The standard InChI is InChI=1S/C18H25N3O/c1-13-9-18(19-11-14-5-4-8-21(2)12-14)16-10-15(22-3)6-7-17(16)20-13/h6-7,9-10,14H,4-5,8,11-12H2,1-3H3,(H,19,20). The maximum absolute atomic E-state index is 5.35. The van der Waals surface area contributed by atoms with Gasteiger partial charge in [-0.05, 0) is 63.5 Å². The highest BCUT2D eigenvalue weighted by atomic mass is 16.5. The number of pyridine rings is 1. The fourth-order valence-electron chi connectivity index (χ4n) is 3.30. The summed E-state index contributed by atoms with van der Waals surface area (Å²) in [6.07, 6.45) is 2.61. The summed E-state index contributed by atoms with van der Waals surface area (Å²) in [5, 5.41) is 4.78. The Morgan fingerprint density at radius 1 is 1.36 bits per heavy atom. The lowest BCUT2D eigenvalue weighted by atomic mass is 9.98.